The van der Waals surface area contributed by atoms with Crippen molar-refractivity contribution in [1.82, 2.24) is 9.97 Å². The Hall–Kier alpha value is -1.84. The highest BCUT2D eigenvalue weighted by Crippen LogP contribution is 2.17. The summed E-state index contributed by atoms with van der Waals surface area (Å²) in [6.45, 7) is 1.79. The van der Waals surface area contributed by atoms with Crippen LogP contribution in [0.2, 0.25) is 0 Å². The van der Waals surface area contributed by atoms with Gasteiger partial charge in [0.1, 0.15) is 11.6 Å². The van der Waals surface area contributed by atoms with Gasteiger partial charge < -0.3 is 0 Å². The fraction of sp³-hybridized carbons (Fsp3) is 0.0909. The average Bonchev–Trinajstić information content (AvgIpc) is 2.16. The zero-order valence-electron chi connectivity index (χ0n) is 8.04. The van der Waals surface area contributed by atoms with E-state index in [2.05, 4.69) is 9.97 Å². The fourth-order valence-corrected chi connectivity index (χ4v) is 1.27. The molecule has 4 heteroatoms. The van der Waals surface area contributed by atoms with Gasteiger partial charge in [-0.1, -0.05) is 0 Å². The first-order valence-corrected chi connectivity index (χ1v) is 4.41. The van der Waals surface area contributed by atoms with E-state index in [1.54, 1.807) is 19.2 Å². The van der Waals surface area contributed by atoms with E-state index in [4.69, 9.17) is 0 Å². The molecule has 76 valence electrons. The van der Waals surface area contributed by atoms with Crippen LogP contribution in [-0.2, 0) is 0 Å². The predicted molar refractivity (Wildman–Crippen MR) is 52.1 cm³/mol. The smallest absolute Gasteiger partial charge is 0.159 e. The maximum Gasteiger partial charge on any atom is 0.159 e. The summed E-state index contributed by atoms with van der Waals surface area (Å²) in [6.07, 6.45) is 1.56. The van der Waals surface area contributed by atoms with Crippen molar-refractivity contribution in [2.75, 3.05) is 0 Å². The van der Waals surface area contributed by atoms with E-state index in [0.29, 0.717) is 11.4 Å². The molecule has 0 bridgehead atoms. The second kappa shape index (κ2) is 3.73. The highest BCUT2D eigenvalue weighted by molar-refractivity contribution is 5.54. The number of halogens is 2. The average molecular weight is 206 g/mol. The number of rotatable bonds is 1. The van der Waals surface area contributed by atoms with Crippen molar-refractivity contribution in [3.8, 4) is 11.4 Å². The Morgan fingerprint density at radius 1 is 1.07 bits per heavy atom. The van der Waals surface area contributed by atoms with Crippen molar-refractivity contribution in [2.45, 2.75) is 6.92 Å². The van der Waals surface area contributed by atoms with Crippen LogP contribution in [0.3, 0.4) is 0 Å². The van der Waals surface area contributed by atoms with E-state index in [1.807, 2.05) is 0 Å². The standard InChI is InChI=1S/C11H8F2N2/c1-7-2-3-14-11(15-7)8-4-9(12)6-10(13)5-8/h2-6H,1H3. The Morgan fingerprint density at radius 2 is 1.73 bits per heavy atom. The van der Waals surface area contributed by atoms with Crippen molar-refractivity contribution < 1.29 is 8.78 Å². The van der Waals surface area contributed by atoms with E-state index in [9.17, 15) is 8.78 Å². The molecule has 0 spiro atoms. The molecule has 15 heavy (non-hydrogen) atoms. The van der Waals surface area contributed by atoms with E-state index < -0.39 is 11.6 Å². The molecular weight excluding hydrogens is 198 g/mol. The lowest BCUT2D eigenvalue weighted by Gasteiger charge is -2.01. The highest BCUT2D eigenvalue weighted by Gasteiger charge is 2.05. The molecule has 2 aromatic rings. The SMILES string of the molecule is Cc1ccnc(-c2cc(F)cc(F)c2)n1. The van der Waals surface area contributed by atoms with Crippen LogP contribution in [0.5, 0.6) is 0 Å². The summed E-state index contributed by atoms with van der Waals surface area (Å²) in [7, 11) is 0. The van der Waals surface area contributed by atoms with Gasteiger partial charge in [0.05, 0.1) is 0 Å². The minimum Gasteiger partial charge on any atom is -0.237 e. The first-order chi connectivity index (χ1) is 7.15. The zero-order valence-corrected chi connectivity index (χ0v) is 8.04. The molecule has 1 aromatic heterocycles. The van der Waals surface area contributed by atoms with Gasteiger partial charge in [-0.3, -0.25) is 0 Å². The van der Waals surface area contributed by atoms with E-state index in [1.165, 1.54) is 12.1 Å². The van der Waals surface area contributed by atoms with Gasteiger partial charge in [0.25, 0.3) is 0 Å². The van der Waals surface area contributed by atoms with Crippen LogP contribution in [0, 0.1) is 18.6 Å². The van der Waals surface area contributed by atoms with Crippen LogP contribution >= 0.6 is 0 Å². The van der Waals surface area contributed by atoms with E-state index >= 15 is 0 Å². The van der Waals surface area contributed by atoms with Crippen LogP contribution in [0.4, 0.5) is 8.78 Å². The van der Waals surface area contributed by atoms with Crippen LogP contribution in [-0.4, -0.2) is 9.97 Å². The molecule has 0 fully saturated rings. The molecule has 0 aliphatic carbocycles. The predicted octanol–water partition coefficient (Wildman–Crippen LogP) is 2.73. The molecule has 0 aliphatic rings. The quantitative estimate of drug-likeness (QED) is 0.716. The molecule has 0 saturated heterocycles. The minimum absolute atomic E-state index is 0.327. The number of nitrogens with zero attached hydrogens (tertiary/aromatic N) is 2. The van der Waals surface area contributed by atoms with Crippen LogP contribution in [0.1, 0.15) is 5.69 Å². The number of aromatic nitrogens is 2. The fourth-order valence-electron chi connectivity index (χ4n) is 1.27. The Kier molecular flexibility index (Phi) is 2.41. The summed E-state index contributed by atoms with van der Waals surface area (Å²) in [5.41, 5.74) is 1.10. The van der Waals surface area contributed by atoms with Crippen LogP contribution < -0.4 is 0 Å². The number of hydrogen-bond donors (Lipinski definition) is 0. The topological polar surface area (TPSA) is 25.8 Å². The van der Waals surface area contributed by atoms with Crippen molar-refractivity contribution >= 4 is 0 Å². The maximum atomic E-state index is 12.9. The number of aryl methyl sites for hydroxylation is 1. The van der Waals surface area contributed by atoms with Gasteiger partial charge in [-0.05, 0) is 25.1 Å². The summed E-state index contributed by atoms with van der Waals surface area (Å²) in [5.74, 6) is -0.932. The third-order valence-electron chi connectivity index (χ3n) is 1.92. The Balaban J connectivity index is 2.54. The normalized spacial score (nSPS) is 10.3. The first-order valence-electron chi connectivity index (χ1n) is 4.41. The second-order valence-corrected chi connectivity index (χ2v) is 3.18. The van der Waals surface area contributed by atoms with Gasteiger partial charge in [-0.15, -0.1) is 0 Å². The molecule has 1 heterocycles. The molecule has 2 nitrogen and oxygen atoms in total. The van der Waals surface area contributed by atoms with Crippen LogP contribution in [0.25, 0.3) is 11.4 Å². The Bertz CT molecular complexity index is 477. The van der Waals surface area contributed by atoms with Gasteiger partial charge in [0, 0.05) is 23.5 Å². The lowest BCUT2D eigenvalue weighted by atomic mass is 10.2. The molecule has 0 saturated carbocycles. The highest BCUT2D eigenvalue weighted by atomic mass is 19.1. The van der Waals surface area contributed by atoms with Crippen LogP contribution in [0.15, 0.2) is 30.5 Å². The number of hydrogen-bond acceptors (Lipinski definition) is 2. The van der Waals surface area contributed by atoms with Crippen molar-refractivity contribution in [2.24, 2.45) is 0 Å². The molecule has 2 rings (SSSR count). The summed E-state index contributed by atoms with van der Waals surface area (Å²) >= 11 is 0. The summed E-state index contributed by atoms with van der Waals surface area (Å²) in [6, 6.07) is 4.95. The van der Waals surface area contributed by atoms with Gasteiger partial charge in [-0.2, -0.15) is 0 Å². The van der Waals surface area contributed by atoms with E-state index in [-0.39, 0.29) is 0 Å². The van der Waals surface area contributed by atoms with Crippen molar-refractivity contribution in [1.29, 1.82) is 0 Å². The van der Waals surface area contributed by atoms with Gasteiger partial charge >= 0.3 is 0 Å². The lowest BCUT2D eigenvalue weighted by Crippen LogP contribution is -1.92. The molecule has 0 radical (unpaired) electrons. The molecule has 0 amide bonds. The third-order valence-corrected chi connectivity index (χ3v) is 1.92. The molecule has 0 unspecified atom stereocenters. The van der Waals surface area contributed by atoms with Crippen molar-refractivity contribution in [3.05, 3.63) is 47.8 Å². The minimum atomic E-state index is -0.630. The Morgan fingerprint density at radius 3 is 2.33 bits per heavy atom. The molecular formula is C11H8F2N2. The second-order valence-electron chi connectivity index (χ2n) is 3.18. The van der Waals surface area contributed by atoms with Gasteiger partial charge in [0.15, 0.2) is 5.82 Å². The zero-order chi connectivity index (χ0) is 10.8. The Labute approximate surface area is 85.6 Å². The van der Waals surface area contributed by atoms with Gasteiger partial charge in [-0.25, -0.2) is 18.7 Å². The molecule has 0 N–H and O–H groups in total. The largest absolute Gasteiger partial charge is 0.237 e. The first kappa shape index (κ1) is 9.71. The van der Waals surface area contributed by atoms with Crippen molar-refractivity contribution in [3.63, 3.8) is 0 Å². The summed E-state index contributed by atoms with van der Waals surface area (Å²) < 4.78 is 25.8. The molecule has 0 atom stereocenters. The summed E-state index contributed by atoms with van der Waals surface area (Å²) in [5, 5.41) is 0. The monoisotopic (exact) mass is 206 g/mol. The number of benzene rings is 1. The lowest BCUT2D eigenvalue weighted by molar-refractivity contribution is 0.584. The van der Waals surface area contributed by atoms with E-state index in [0.717, 1.165) is 11.8 Å². The maximum absolute atomic E-state index is 12.9. The third kappa shape index (κ3) is 2.15. The summed E-state index contributed by atoms with van der Waals surface area (Å²) in [4.78, 5) is 8.03. The molecule has 0 aliphatic heterocycles. The molecule has 1 aromatic carbocycles. The van der Waals surface area contributed by atoms with Gasteiger partial charge in [0.2, 0.25) is 0 Å².